The van der Waals surface area contributed by atoms with Crippen molar-refractivity contribution in [1.29, 1.82) is 0 Å². The molecule has 124 valence electrons. The van der Waals surface area contributed by atoms with Crippen LogP contribution >= 0.6 is 24.0 Å². The van der Waals surface area contributed by atoms with E-state index in [0.717, 1.165) is 19.6 Å². The summed E-state index contributed by atoms with van der Waals surface area (Å²) in [7, 11) is 0. The third-order valence-electron chi connectivity index (χ3n) is 3.15. The van der Waals surface area contributed by atoms with E-state index < -0.39 is 0 Å². The lowest BCUT2D eigenvalue weighted by Gasteiger charge is -2.18. The van der Waals surface area contributed by atoms with Gasteiger partial charge in [-0.15, -0.1) is 12.4 Å². The van der Waals surface area contributed by atoms with E-state index in [9.17, 15) is 9.59 Å². The van der Waals surface area contributed by atoms with Crippen LogP contribution in [0.2, 0.25) is 5.02 Å². The molecule has 0 heterocycles. The molecule has 2 amide bonds. The highest BCUT2D eigenvalue weighted by molar-refractivity contribution is 6.34. The standard InChI is InChI=1S/C15H22ClN3O2.ClH/c1-4-19(5-2)9-8-17-15(21)12-6-7-14(13(16)10-12)18-11(3)20;/h6-7,10H,4-5,8-9H2,1-3H3,(H,17,21)(H,18,20);1H. The molecule has 1 rings (SSSR count). The molecule has 0 fully saturated rings. The zero-order valence-electron chi connectivity index (χ0n) is 13.1. The molecule has 22 heavy (non-hydrogen) atoms. The largest absolute Gasteiger partial charge is 0.351 e. The average molecular weight is 348 g/mol. The minimum Gasteiger partial charge on any atom is -0.351 e. The first-order valence-electron chi connectivity index (χ1n) is 7.05. The Morgan fingerprint density at radius 3 is 2.36 bits per heavy atom. The second-order valence-electron chi connectivity index (χ2n) is 4.66. The van der Waals surface area contributed by atoms with Crippen LogP contribution in [0.5, 0.6) is 0 Å². The first-order valence-corrected chi connectivity index (χ1v) is 7.43. The Hall–Kier alpha value is -1.30. The maximum atomic E-state index is 12.0. The highest BCUT2D eigenvalue weighted by atomic mass is 35.5. The number of hydrogen-bond acceptors (Lipinski definition) is 3. The second kappa shape index (κ2) is 10.4. The van der Waals surface area contributed by atoms with Gasteiger partial charge in [0, 0.05) is 25.6 Å². The molecule has 0 bridgehead atoms. The first-order chi connectivity index (χ1) is 9.97. The van der Waals surface area contributed by atoms with Crippen LogP contribution in [0.4, 0.5) is 5.69 Å². The van der Waals surface area contributed by atoms with Gasteiger partial charge in [0.05, 0.1) is 10.7 Å². The summed E-state index contributed by atoms with van der Waals surface area (Å²) in [5, 5.41) is 5.81. The van der Waals surface area contributed by atoms with Gasteiger partial charge < -0.3 is 15.5 Å². The average Bonchev–Trinajstić information content (AvgIpc) is 2.45. The lowest BCUT2D eigenvalue weighted by Crippen LogP contribution is -2.34. The quantitative estimate of drug-likeness (QED) is 0.797. The molecule has 0 aliphatic carbocycles. The predicted molar refractivity (Wildman–Crippen MR) is 93.1 cm³/mol. The van der Waals surface area contributed by atoms with E-state index in [1.165, 1.54) is 6.92 Å². The van der Waals surface area contributed by atoms with Crippen molar-refractivity contribution in [1.82, 2.24) is 10.2 Å². The second-order valence-corrected chi connectivity index (χ2v) is 5.07. The molecule has 0 saturated heterocycles. The number of anilines is 1. The summed E-state index contributed by atoms with van der Waals surface area (Å²) in [6, 6.07) is 4.83. The molecular formula is C15H23Cl2N3O2. The number of rotatable bonds is 7. The molecule has 5 nitrogen and oxygen atoms in total. The number of carbonyl (C=O) groups excluding carboxylic acids is 2. The number of amides is 2. The number of halogens is 2. The minimum atomic E-state index is -0.201. The smallest absolute Gasteiger partial charge is 0.251 e. The van der Waals surface area contributed by atoms with Gasteiger partial charge in [-0.3, -0.25) is 9.59 Å². The molecule has 1 aromatic rings. The van der Waals surface area contributed by atoms with E-state index in [4.69, 9.17) is 11.6 Å². The molecule has 0 atom stereocenters. The predicted octanol–water partition coefficient (Wildman–Crippen LogP) is 2.79. The summed E-state index contributed by atoms with van der Waals surface area (Å²) < 4.78 is 0. The van der Waals surface area contributed by atoms with Gasteiger partial charge >= 0.3 is 0 Å². The van der Waals surface area contributed by atoms with Crippen molar-refractivity contribution in [3.8, 4) is 0 Å². The van der Waals surface area contributed by atoms with Gasteiger partial charge in [0.2, 0.25) is 5.91 Å². The molecule has 0 saturated carbocycles. The highest BCUT2D eigenvalue weighted by Gasteiger charge is 2.09. The van der Waals surface area contributed by atoms with Crippen LogP contribution in [0, 0.1) is 0 Å². The molecule has 0 aliphatic heterocycles. The summed E-state index contributed by atoms with van der Waals surface area (Å²) in [5.41, 5.74) is 0.984. The van der Waals surface area contributed by atoms with Crippen molar-refractivity contribution in [2.45, 2.75) is 20.8 Å². The van der Waals surface area contributed by atoms with E-state index in [1.807, 2.05) is 0 Å². The topological polar surface area (TPSA) is 61.4 Å². The molecule has 0 aromatic heterocycles. The molecule has 7 heteroatoms. The Balaban J connectivity index is 0.00000441. The van der Waals surface area contributed by atoms with Crippen LogP contribution in [0.25, 0.3) is 0 Å². The van der Waals surface area contributed by atoms with Crippen molar-refractivity contribution < 1.29 is 9.59 Å². The lowest BCUT2D eigenvalue weighted by atomic mass is 10.2. The number of benzene rings is 1. The van der Waals surface area contributed by atoms with Crippen LogP contribution in [0.15, 0.2) is 18.2 Å². The molecular weight excluding hydrogens is 325 g/mol. The third kappa shape index (κ3) is 6.64. The third-order valence-corrected chi connectivity index (χ3v) is 3.46. The number of hydrogen-bond donors (Lipinski definition) is 2. The van der Waals surface area contributed by atoms with Gasteiger partial charge in [0.15, 0.2) is 0 Å². The Labute approximate surface area is 142 Å². The van der Waals surface area contributed by atoms with Gasteiger partial charge in [0.25, 0.3) is 5.91 Å². The maximum Gasteiger partial charge on any atom is 0.251 e. The van der Waals surface area contributed by atoms with Crippen LogP contribution in [-0.2, 0) is 4.79 Å². The number of likely N-dealkylation sites (N-methyl/N-ethyl adjacent to an activating group) is 1. The fourth-order valence-corrected chi connectivity index (χ4v) is 2.14. The molecule has 0 unspecified atom stereocenters. The molecule has 1 aromatic carbocycles. The summed E-state index contributed by atoms with van der Waals surface area (Å²) in [4.78, 5) is 25.2. The Bertz CT molecular complexity index is 506. The zero-order chi connectivity index (χ0) is 15.8. The molecule has 0 radical (unpaired) electrons. The van der Waals surface area contributed by atoms with Gasteiger partial charge in [-0.1, -0.05) is 25.4 Å². The monoisotopic (exact) mass is 347 g/mol. The van der Waals surface area contributed by atoms with Crippen molar-refractivity contribution in [3.05, 3.63) is 28.8 Å². The van der Waals surface area contributed by atoms with Crippen molar-refractivity contribution in [2.75, 3.05) is 31.5 Å². The molecule has 2 N–H and O–H groups in total. The number of carbonyl (C=O) groups is 2. The van der Waals surface area contributed by atoms with Crippen LogP contribution in [-0.4, -0.2) is 42.9 Å². The van der Waals surface area contributed by atoms with E-state index in [2.05, 4.69) is 29.4 Å². The van der Waals surface area contributed by atoms with Gasteiger partial charge in [-0.25, -0.2) is 0 Å². The van der Waals surface area contributed by atoms with Crippen molar-refractivity contribution in [2.24, 2.45) is 0 Å². The lowest BCUT2D eigenvalue weighted by molar-refractivity contribution is -0.114. The molecule has 0 spiro atoms. The van der Waals surface area contributed by atoms with Crippen molar-refractivity contribution in [3.63, 3.8) is 0 Å². The van der Waals surface area contributed by atoms with E-state index in [1.54, 1.807) is 18.2 Å². The summed E-state index contributed by atoms with van der Waals surface area (Å²) >= 11 is 6.04. The van der Waals surface area contributed by atoms with E-state index >= 15 is 0 Å². The summed E-state index contributed by atoms with van der Waals surface area (Å²) in [6.45, 7) is 8.91. The van der Waals surface area contributed by atoms with Crippen LogP contribution in [0.3, 0.4) is 0 Å². The fraction of sp³-hybridized carbons (Fsp3) is 0.467. The SMILES string of the molecule is CCN(CC)CCNC(=O)c1ccc(NC(C)=O)c(Cl)c1.Cl. The van der Waals surface area contributed by atoms with Crippen LogP contribution < -0.4 is 10.6 Å². The van der Waals surface area contributed by atoms with Crippen molar-refractivity contribution >= 4 is 41.5 Å². The van der Waals surface area contributed by atoms with E-state index in [0.29, 0.717) is 22.8 Å². The Kier molecular flexibility index (Phi) is 9.81. The number of nitrogens with zero attached hydrogens (tertiary/aromatic N) is 1. The van der Waals surface area contributed by atoms with Gasteiger partial charge in [0.1, 0.15) is 0 Å². The Morgan fingerprint density at radius 2 is 1.86 bits per heavy atom. The summed E-state index contributed by atoms with van der Waals surface area (Å²) in [5.74, 6) is -0.369. The number of nitrogens with one attached hydrogen (secondary N) is 2. The highest BCUT2D eigenvalue weighted by Crippen LogP contribution is 2.22. The normalized spacial score (nSPS) is 10.0. The minimum absolute atomic E-state index is 0. The molecule has 0 aliphatic rings. The van der Waals surface area contributed by atoms with Crippen LogP contribution in [0.1, 0.15) is 31.1 Å². The Morgan fingerprint density at radius 1 is 1.23 bits per heavy atom. The summed E-state index contributed by atoms with van der Waals surface area (Å²) in [6.07, 6.45) is 0. The van der Waals surface area contributed by atoms with Gasteiger partial charge in [-0.2, -0.15) is 0 Å². The fourth-order valence-electron chi connectivity index (χ4n) is 1.92. The van der Waals surface area contributed by atoms with Gasteiger partial charge in [-0.05, 0) is 31.3 Å². The zero-order valence-corrected chi connectivity index (χ0v) is 14.7. The van der Waals surface area contributed by atoms with E-state index in [-0.39, 0.29) is 24.2 Å². The maximum absolute atomic E-state index is 12.0. The first kappa shape index (κ1) is 20.7.